The Morgan fingerprint density at radius 1 is 1.05 bits per heavy atom. The number of ether oxygens (including phenoxy) is 1. The van der Waals surface area contributed by atoms with Crippen molar-refractivity contribution in [2.75, 3.05) is 0 Å². The van der Waals surface area contributed by atoms with Crippen molar-refractivity contribution in [2.45, 2.75) is 6.61 Å². The quantitative estimate of drug-likeness (QED) is 0.794. The van der Waals surface area contributed by atoms with E-state index in [-0.39, 0.29) is 5.56 Å². The molecule has 4 heteroatoms. The largest absolute Gasteiger partial charge is 0.487 e. The van der Waals surface area contributed by atoms with Crippen molar-refractivity contribution in [1.29, 1.82) is 0 Å². The van der Waals surface area contributed by atoms with E-state index in [1.807, 2.05) is 36.4 Å². The second-order valence-electron chi connectivity index (χ2n) is 4.62. The standard InChI is InChI=1S/C17H13NO3/c19-17(20)13-5-3-6-15(10-13)21-11-14-9-8-12-4-1-2-7-16(12)18-14/h1-10H,11H2,(H,19,20). The van der Waals surface area contributed by atoms with E-state index in [1.54, 1.807) is 12.1 Å². The Labute approximate surface area is 121 Å². The lowest BCUT2D eigenvalue weighted by Gasteiger charge is -2.07. The first-order chi connectivity index (χ1) is 10.2. The third kappa shape index (κ3) is 3.00. The first-order valence-electron chi connectivity index (χ1n) is 6.53. The molecule has 21 heavy (non-hydrogen) atoms. The molecule has 104 valence electrons. The van der Waals surface area contributed by atoms with Crippen LogP contribution in [0, 0.1) is 0 Å². The molecule has 3 aromatic rings. The van der Waals surface area contributed by atoms with E-state index < -0.39 is 5.97 Å². The number of pyridine rings is 1. The van der Waals surface area contributed by atoms with Crippen molar-refractivity contribution < 1.29 is 14.6 Å². The van der Waals surface area contributed by atoms with Gasteiger partial charge in [-0.05, 0) is 30.3 Å². The van der Waals surface area contributed by atoms with Crippen LogP contribution in [0.15, 0.2) is 60.7 Å². The number of benzene rings is 2. The van der Waals surface area contributed by atoms with Crippen LogP contribution < -0.4 is 4.74 Å². The van der Waals surface area contributed by atoms with Gasteiger partial charge in [-0.25, -0.2) is 9.78 Å². The maximum absolute atomic E-state index is 10.9. The van der Waals surface area contributed by atoms with E-state index in [0.717, 1.165) is 16.6 Å². The van der Waals surface area contributed by atoms with E-state index in [2.05, 4.69) is 4.98 Å². The van der Waals surface area contributed by atoms with Crippen molar-refractivity contribution >= 4 is 16.9 Å². The molecule has 1 heterocycles. The number of carboxylic acid groups (broad SMARTS) is 1. The molecule has 0 atom stereocenters. The first-order valence-corrected chi connectivity index (χ1v) is 6.53. The van der Waals surface area contributed by atoms with Crippen LogP contribution in [0.4, 0.5) is 0 Å². The average Bonchev–Trinajstić information content (AvgIpc) is 2.53. The maximum atomic E-state index is 10.9. The molecule has 0 radical (unpaired) electrons. The minimum atomic E-state index is -0.968. The van der Waals surface area contributed by atoms with Crippen LogP contribution in [0.3, 0.4) is 0 Å². The minimum Gasteiger partial charge on any atom is -0.487 e. The Bertz CT molecular complexity index is 799. The van der Waals surface area contributed by atoms with Crippen LogP contribution in [0.2, 0.25) is 0 Å². The Balaban J connectivity index is 1.77. The molecule has 0 bridgehead atoms. The zero-order valence-electron chi connectivity index (χ0n) is 11.2. The fraction of sp³-hybridized carbons (Fsp3) is 0.0588. The first kappa shape index (κ1) is 13.1. The molecule has 0 aliphatic carbocycles. The van der Waals surface area contributed by atoms with Gasteiger partial charge in [0.1, 0.15) is 12.4 Å². The summed E-state index contributed by atoms with van der Waals surface area (Å²) in [6, 6.07) is 18.2. The third-order valence-electron chi connectivity index (χ3n) is 3.12. The Hall–Kier alpha value is -2.88. The molecule has 1 N–H and O–H groups in total. The monoisotopic (exact) mass is 279 g/mol. The highest BCUT2D eigenvalue weighted by Gasteiger charge is 2.04. The highest BCUT2D eigenvalue weighted by Crippen LogP contribution is 2.16. The summed E-state index contributed by atoms with van der Waals surface area (Å²) in [6.45, 7) is 0.300. The van der Waals surface area contributed by atoms with Crippen molar-refractivity contribution in [3.8, 4) is 5.75 Å². The molecule has 0 unspecified atom stereocenters. The van der Waals surface area contributed by atoms with E-state index in [1.165, 1.54) is 12.1 Å². The van der Waals surface area contributed by atoms with Crippen molar-refractivity contribution in [3.63, 3.8) is 0 Å². The number of aromatic carboxylic acids is 1. The van der Waals surface area contributed by atoms with Crippen LogP contribution in [-0.4, -0.2) is 16.1 Å². The number of para-hydroxylation sites is 1. The number of nitrogens with zero attached hydrogens (tertiary/aromatic N) is 1. The SMILES string of the molecule is O=C(O)c1cccc(OCc2ccc3ccccc3n2)c1. The van der Waals surface area contributed by atoms with Crippen LogP contribution in [0.5, 0.6) is 5.75 Å². The molecule has 4 nitrogen and oxygen atoms in total. The minimum absolute atomic E-state index is 0.207. The topological polar surface area (TPSA) is 59.4 Å². The number of rotatable bonds is 4. The van der Waals surface area contributed by atoms with Gasteiger partial charge in [-0.1, -0.05) is 30.3 Å². The van der Waals surface area contributed by atoms with Gasteiger partial charge >= 0.3 is 5.97 Å². The van der Waals surface area contributed by atoms with E-state index in [9.17, 15) is 4.79 Å². The lowest BCUT2D eigenvalue weighted by molar-refractivity contribution is 0.0696. The number of hydrogen-bond donors (Lipinski definition) is 1. The average molecular weight is 279 g/mol. The summed E-state index contributed by atoms with van der Waals surface area (Å²) in [4.78, 5) is 15.4. The summed E-state index contributed by atoms with van der Waals surface area (Å²) in [6.07, 6.45) is 0. The summed E-state index contributed by atoms with van der Waals surface area (Å²) >= 11 is 0. The van der Waals surface area contributed by atoms with Gasteiger partial charge in [0.25, 0.3) is 0 Å². The van der Waals surface area contributed by atoms with Gasteiger partial charge in [0.2, 0.25) is 0 Å². The molecular weight excluding hydrogens is 266 g/mol. The molecule has 0 aliphatic rings. The molecule has 0 saturated carbocycles. The van der Waals surface area contributed by atoms with Gasteiger partial charge in [-0.3, -0.25) is 0 Å². The second kappa shape index (κ2) is 5.63. The van der Waals surface area contributed by atoms with Crippen molar-refractivity contribution in [3.05, 3.63) is 71.9 Å². The number of carboxylic acids is 1. The zero-order chi connectivity index (χ0) is 14.7. The lowest BCUT2D eigenvalue weighted by atomic mass is 10.2. The predicted molar refractivity (Wildman–Crippen MR) is 79.5 cm³/mol. The fourth-order valence-electron chi connectivity index (χ4n) is 2.06. The number of fused-ring (bicyclic) bond motifs is 1. The van der Waals surface area contributed by atoms with E-state index >= 15 is 0 Å². The van der Waals surface area contributed by atoms with Crippen molar-refractivity contribution in [1.82, 2.24) is 4.98 Å². The molecule has 0 amide bonds. The Morgan fingerprint density at radius 3 is 2.76 bits per heavy atom. The molecular formula is C17H13NO3. The highest BCUT2D eigenvalue weighted by molar-refractivity contribution is 5.88. The molecule has 0 saturated heterocycles. The normalized spacial score (nSPS) is 10.5. The maximum Gasteiger partial charge on any atom is 0.335 e. The summed E-state index contributed by atoms with van der Waals surface area (Å²) in [5, 5.41) is 10.0. The van der Waals surface area contributed by atoms with E-state index in [0.29, 0.717) is 12.4 Å². The summed E-state index contributed by atoms with van der Waals surface area (Å²) in [7, 11) is 0. The summed E-state index contributed by atoms with van der Waals surface area (Å²) in [5.41, 5.74) is 1.92. The van der Waals surface area contributed by atoms with Gasteiger partial charge in [0, 0.05) is 5.39 Å². The van der Waals surface area contributed by atoms with Crippen LogP contribution in [0.1, 0.15) is 16.1 Å². The smallest absolute Gasteiger partial charge is 0.335 e. The van der Waals surface area contributed by atoms with E-state index in [4.69, 9.17) is 9.84 Å². The molecule has 1 aromatic heterocycles. The summed E-state index contributed by atoms with van der Waals surface area (Å²) in [5.74, 6) is -0.450. The number of hydrogen-bond acceptors (Lipinski definition) is 3. The molecule has 0 aliphatic heterocycles. The third-order valence-corrected chi connectivity index (χ3v) is 3.12. The van der Waals surface area contributed by atoms with Gasteiger partial charge in [-0.15, -0.1) is 0 Å². The zero-order valence-corrected chi connectivity index (χ0v) is 11.2. The summed E-state index contributed by atoms with van der Waals surface area (Å²) < 4.78 is 5.61. The predicted octanol–water partition coefficient (Wildman–Crippen LogP) is 3.51. The fourth-order valence-corrected chi connectivity index (χ4v) is 2.06. The molecule has 3 rings (SSSR count). The number of carbonyl (C=O) groups is 1. The Morgan fingerprint density at radius 2 is 1.90 bits per heavy atom. The van der Waals surface area contributed by atoms with Crippen molar-refractivity contribution in [2.24, 2.45) is 0 Å². The van der Waals surface area contributed by atoms with Gasteiger partial charge < -0.3 is 9.84 Å². The highest BCUT2D eigenvalue weighted by atomic mass is 16.5. The van der Waals surface area contributed by atoms with Gasteiger partial charge in [0.15, 0.2) is 0 Å². The molecule has 0 spiro atoms. The van der Waals surface area contributed by atoms with Crippen LogP contribution in [0.25, 0.3) is 10.9 Å². The Kier molecular flexibility index (Phi) is 3.51. The van der Waals surface area contributed by atoms with Crippen LogP contribution >= 0.6 is 0 Å². The number of aromatic nitrogens is 1. The molecule has 0 fully saturated rings. The van der Waals surface area contributed by atoms with Gasteiger partial charge in [0.05, 0.1) is 16.8 Å². The van der Waals surface area contributed by atoms with Crippen LogP contribution in [-0.2, 0) is 6.61 Å². The van der Waals surface area contributed by atoms with Gasteiger partial charge in [-0.2, -0.15) is 0 Å². The molecule has 2 aromatic carbocycles. The second-order valence-corrected chi connectivity index (χ2v) is 4.62. The lowest BCUT2D eigenvalue weighted by Crippen LogP contribution is -2.00.